The maximum Gasteiger partial charge on any atom is 0.201 e. The third-order valence-corrected chi connectivity index (χ3v) is 3.92. The molecule has 0 atom stereocenters. The highest BCUT2D eigenvalue weighted by atomic mass is 19.2. The number of rotatable bonds is 7. The van der Waals surface area contributed by atoms with Gasteiger partial charge in [-0.2, -0.15) is 4.39 Å². The fraction of sp³-hybridized carbons (Fsp3) is 0.300. The first-order valence-electron chi connectivity index (χ1n) is 8.33. The number of ether oxygens (including phenoxy) is 1. The Balaban J connectivity index is 2.35. The third-order valence-electron chi connectivity index (χ3n) is 3.92. The Hall–Kier alpha value is -2.37. The van der Waals surface area contributed by atoms with Crippen molar-refractivity contribution in [2.75, 3.05) is 6.61 Å². The zero-order chi connectivity index (χ0) is 19.3. The fourth-order valence-corrected chi connectivity index (χ4v) is 2.53. The van der Waals surface area contributed by atoms with E-state index in [1.54, 1.807) is 13.8 Å². The summed E-state index contributed by atoms with van der Waals surface area (Å²) in [7, 11) is 0. The van der Waals surface area contributed by atoms with Gasteiger partial charge < -0.3 is 4.74 Å². The minimum Gasteiger partial charge on any atom is -0.491 e. The third kappa shape index (κ3) is 4.23. The zero-order valence-corrected chi connectivity index (χ0v) is 14.5. The van der Waals surface area contributed by atoms with Crippen molar-refractivity contribution in [2.24, 2.45) is 0 Å². The van der Waals surface area contributed by atoms with Crippen LogP contribution in [-0.4, -0.2) is 6.61 Å². The van der Waals surface area contributed by atoms with Crippen LogP contribution in [0.25, 0.3) is 11.1 Å². The molecule has 0 spiro atoms. The lowest BCUT2D eigenvalue weighted by atomic mass is 9.99. The molecular weight excluding hydrogens is 351 g/mol. The molecule has 0 amide bonds. The van der Waals surface area contributed by atoms with Gasteiger partial charge in [0, 0.05) is 11.1 Å². The van der Waals surface area contributed by atoms with Crippen molar-refractivity contribution in [3.63, 3.8) is 0 Å². The van der Waals surface area contributed by atoms with Gasteiger partial charge in [0.2, 0.25) is 5.82 Å². The molecular formula is C20H19F5O. The molecule has 0 aliphatic rings. The van der Waals surface area contributed by atoms with Gasteiger partial charge in [0.1, 0.15) is 0 Å². The summed E-state index contributed by atoms with van der Waals surface area (Å²) in [5.74, 6) is -5.61. The van der Waals surface area contributed by atoms with E-state index < -0.39 is 28.8 Å². The van der Waals surface area contributed by atoms with Gasteiger partial charge in [0.05, 0.1) is 12.4 Å². The molecule has 0 aliphatic heterocycles. The van der Waals surface area contributed by atoms with Crippen LogP contribution in [0.15, 0.2) is 36.2 Å². The highest BCUT2D eigenvalue weighted by molar-refractivity contribution is 5.66. The Morgan fingerprint density at radius 1 is 0.885 bits per heavy atom. The van der Waals surface area contributed by atoms with Gasteiger partial charge >= 0.3 is 0 Å². The zero-order valence-electron chi connectivity index (χ0n) is 14.5. The molecule has 2 aromatic carbocycles. The van der Waals surface area contributed by atoms with Crippen molar-refractivity contribution in [1.82, 2.24) is 0 Å². The normalized spacial score (nSPS) is 11.7. The highest BCUT2D eigenvalue weighted by Crippen LogP contribution is 2.33. The molecule has 140 valence electrons. The van der Waals surface area contributed by atoms with Crippen LogP contribution in [0.5, 0.6) is 5.75 Å². The predicted octanol–water partition coefficient (Wildman–Crippen LogP) is 6.50. The van der Waals surface area contributed by atoms with Crippen LogP contribution in [-0.2, 0) is 6.42 Å². The molecule has 0 saturated heterocycles. The first kappa shape index (κ1) is 19.9. The Kier molecular flexibility index (Phi) is 6.77. The Morgan fingerprint density at radius 2 is 1.50 bits per heavy atom. The lowest BCUT2D eigenvalue weighted by Crippen LogP contribution is -2.01. The summed E-state index contributed by atoms with van der Waals surface area (Å²) in [6.07, 6.45) is 1.85. The van der Waals surface area contributed by atoms with Crippen molar-refractivity contribution in [3.05, 3.63) is 65.0 Å². The Morgan fingerprint density at radius 3 is 2.12 bits per heavy atom. The molecule has 1 nitrogen and oxygen atoms in total. The molecule has 0 bridgehead atoms. The average Bonchev–Trinajstić information content (AvgIpc) is 2.63. The summed E-state index contributed by atoms with van der Waals surface area (Å²) in [6.45, 7) is 3.40. The molecule has 0 unspecified atom stereocenters. The molecule has 2 rings (SSSR count). The van der Waals surface area contributed by atoms with Gasteiger partial charge in [-0.1, -0.05) is 25.1 Å². The van der Waals surface area contributed by atoms with Crippen LogP contribution in [0, 0.1) is 23.3 Å². The number of benzene rings is 2. The van der Waals surface area contributed by atoms with Crippen molar-refractivity contribution in [3.8, 4) is 16.9 Å². The van der Waals surface area contributed by atoms with E-state index in [2.05, 4.69) is 0 Å². The predicted molar refractivity (Wildman–Crippen MR) is 90.7 cm³/mol. The van der Waals surface area contributed by atoms with Crippen molar-refractivity contribution in [2.45, 2.75) is 33.1 Å². The second-order valence-electron chi connectivity index (χ2n) is 5.62. The fourth-order valence-electron chi connectivity index (χ4n) is 2.53. The van der Waals surface area contributed by atoms with Gasteiger partial charge in [-0.25, -0.2) is 17.6 Å². The molecule has 0 saturated carbocycles. The molecule has 0 N–H and O–H groups in total. The maximum atomic E-state index is 14.4. The highest BCUT2D eigenvalue weighted by Gasteiger charge is 2.21. The average molecular weight is 370 g/mol. The first-order chi connectivity index (χ1) is 12.4. The summed E-state index contributed by atoms with van der Waals surface area (Å²) in [5.41, 5.74) is -0.745. The van der Waals surface area contributed by atoms with Crippen LogP contribution in [0.2, 0.25) is 0 Å². The van der Waals surface area contributed by atoms with E-state index in [1.807, 2.05) is 0 Å². The summed E-state index contributed by atoms with van der Waals surface area (Å²) < 4.78 is 74.8. The first-order valence-corrected chi connectivity index (χ1v) is 8.33. The number of hydrogen-bond acceptors (Lipinski definition) is 1. The molecule has 0 fully saturated rings. The van der Waals surface area contributed by atoms with Crippen LogP contribution >= 0.6 is 0 Å². The minimum atomic E-state index is -1.31. The SMILES string of the molecule is CCOc1ccc(-c2ccc(CC/C=C(\F)CC)c(F)c2F)c(F)c1F. The van der Waals surface area contributed by atoms with Gasteiger partial charge in [-0.15, -0.1) is 0 Å². The number of hydrogen-bond donors (Lipinski definition) is 0. The summed E-state index contributed by atoms with van der Waals surface area (Å²) in [4.78, 5) is 0. The summed E-state index contributed by atoms with van der Waals surface area (Å²) in [5, 5.41) is 0. The van der Waals surface area contributed by atoms with Crippen LogP contribution in [0.4, 0.5) is 22.0 Å². The van der Waals surface area contributed by atoms with Gasteiger partial charge in [-0.3, -0.25) is 0 Å². The largest absolute Gasteiger partial charge is 0.491 e. The topological polar surface area (TPSA) is 9.23 Å². The van der Waals surface area contributed by atoms with Gasteiger partial charge in [0.15, 0.2) is 23.2 Å². The van der Waals surface area contributed by atoms with E-state index in [4.69, 9.17) is 4.74 Å². The second-order valence-corrected chi connectivity index (χ2v) is 5.62. The van der Waals surface area contributed by atoms with Gasteiger partial charge in [-0.05, 0) is 43.9 Å². The van der Waals surface area contributed by atoms with Crippen molar-refractivity contribution < 1.29 is 26.7 Å². The van der Waals surface area contributed by atoms with E-state index in [1.165, 1.54) is 24.3 Å². The number of aryl methyl sites for hydroxylation is 1. The van der Waals surface area contributed by atoms with Gasteiger partial charge in [0.25, 0.3) is 0 Å². The lowest BCUT2D eigenvalue weighted by molar-refractivity contribution is 0.314. The second kappa shape index (κ2) is 8.83. The van der Waals surface area contributed by atoms with E-state index in [-0.39, 0.29) is 48.6 Å². The maximum absolute atomic E-state index is 14.4. The quantitative estimate of drug-likeness (QED) is 0.505. The van der Waals surface area contributed by atoms with Crippen molar-refractivity contribution >= 4 is 0 Å². The minimum absolute atomic E-state index is 0.0400. The van der Waals surface area contributed by atoms with E-state index in [0.717, 1.165) is 6.07 Å². The molecule has 0 heterocycles. The van der Waals surface area contributed by atoms with E-state index >= 15 is 0 Å². The Bertz CT molecular complexity index is 814. The molecule has 26 heavy (non-hydrogen) atoms. The Labute approximate surface area is 149 Å². The molecule has 0 radical (unpaired) electrons. The van der Waals surface area contributed by atoms with Crippen LogP contribution in [0.3, 0.4) is 0 Å². The molecule has 0 aromatic heterocycles. The molecule has 6 heteroatoms. The lowest BCUT2D eigenvalue weighted by Gasteiger charge is -2.11. The van der Waals surface area contributed by atoms with E-state index in [0.29, 0.717) is 0 Å². The molecule has 2 aromatic rings. The number of halogens is 5. The monoisotopic (exact) mass is 370 g/mol. The van der Waals surface area contributed by atoms with Crippen LogP contribution in [0.1, 0.15) is 32.3 Å². The molecule has 0 aliphatic carbocycles. The number of allylic oxidation sites excluding steroid dienone is 2. The van der Waals surface area contributed by atoms with Crippen LogP contribution < -0.4 is 4.74 Å². The summed E-state index contributed by atoms with van der Waals surface area (Å²) in [6, 6.07) is 4.78. The van der Waals surface area contributed by atoms with Crippen molar-refractivity contribution in [1.29, 1.82) is 0 Å². The summed E-state index contributed by atoms with van der Waals surface area (Å²) >= 11 is 0. The standard InChI is InChI=1S/C20H19F5O/c1-3-13(21)7-5-6-12-8-9-14(18(23)17(12)22)15-10-11-16(26-4-2)20(25)19(15)24/h7-11H,3-6H2,1-2H3/b13-7-. The smallest absolute Gasteiger partial charge is 0.201 e. The van der Waals surface area contributed by atoms with E-state index in [9.17, 15) is 22.0 Å².